The van der Waals surface area contributed by atoms with Crippen LogP contribution in [-0.2, 0) is 27.2 Å². The monoisotopic (exact) mass is 543 g/mol. The zero-order valence-electron chi connectivity index (χ0n) is 22.3. The first kappa shape index (κ1) is 28.3. The molecule has 10 heteroatoms. The van der Waals surface area contributed by atoms with Gasteiger partial charge in [0.2, 0.25) is 17.7 Å². The molecule has 0 aliphatic heterocycles. The summed E-state index contributed by atoms with van der Waals surface area (Å²) in [5.74, 6) is -0.191. The number of hydrogen-bond acceptors (Lipinski definition) is 7. The lowest BCUT2D eigenvalue weighted by Crippen LogP contribution is -2.45. The van der Waals surface area contributed by atoms with E-state index in [0.29, 0.717) is 55.2 Å². The number of hydrogen-bond donors (Lipinski definition) is 3. The van der Waals surface area contributed by atoms with Gasteiger partial charge in [0.1, 0.15) is 17.5 Å². The Bertz CT molecular complexity index is 1410. The van der Waals surface area contributed by atoms with Crippen LogP contribution in [0.1, 0.15) is 24.0 Å². The molecule has 2 aromatic heterocycles. The Balaban J connectivity index is 1.32. The van der Waals surface area contributed by atoms with Gasteiger partial charge < -0.3 is 25.6 Å². The summed E-state index contributed by atoms with van der Waals surface area (Å²) in [4.78, 5) is 28.4. The predicted octanol–water partition coefficient (Wildman–Crippen LogP) is 3.20. The van der Waals surface area contributed by atoms with E-state index in [-0.39, 0.29) is 18.2 Å². The number of aromatic hydroxyl groups is 1. The molecule has 0 radical (unpaired) electrons. The van der Waals surface area contributed by atoms with E-state index in [1.807, 2.05) is 60.7 Å². The lowest BCUT2D eigenvalue weighted by atomic mass is 10.1. The van der Waals surface area contributed by atoms with Gasteiger partial charge in [-0.05, 0) is 36.2 Å². The highest BCUT2D eigenvalue weighted by Crippen LogP contribution is 2.32. The van der Waals surface area contributed by atoms with Crippen molar-refractivity contribution in [3.63, 3.8) is 0 Å². The first-order chi connectivity index (χ1) is 19.5. The summed E-state index contributed by atoms with van der Waals surface area (Å²) in [6.07, 6.45) is 4.76. The second-order valence-corrected chi connectivity index (χ2v) is 9.18. The molecule has 0 fully saturated rings. The zero-order chi connectivity index (χ0) is 28.3. The highest BCUT2D eigenvalue weighted by atomic mass is 16.5. The highest BCUT2D eigenvalue weighted by Gasteiger charge is 2.21. The molecular formula is C30H33N5O5. The normalized spacial score (nSPS) is 11.6. The summed E-state index contributed by atoms with van der Waals surface area (Å²) in [5, 5.41) is 18.5. The second-order valence-electron chi connectivity index (χ2n) is 9.18. The van der Waals surface area contributed by atoms with Gasteiger partial charge in [-0.3, -0.25) is 14.6 Å². The Hall–Kier alpha value is -4.70. The van der Waals surface area contributed by atoms with E-state index in [9.17, 15) is 14.7 Å². The summed E-state index contributed by atoms with van der Waals surface area (Å²) in [5.41, 5.74) is 9.05. The van der Waals surface area contributed by atoms with Crippen molar-refractivity contribution in [2.45, 2.75) is 31.7 Å². The van der Waals surface area contributed by atoms with Gasteiger partial charge in [0.15, 0.2) is 0 Å². The number of amides is 2. The van der Waals surface area contributed by atoms with Crippen LogP contribution in [0.25, 0.3) is 16.9 Å². The first-order valence-electron chi connectivity index (χ1n) is 13.0. The maximum atomic E-state index is 12.4. The number of pyridine rings is 1. The quantitative estimate of drug-likeness (QED) is 0.207. The number of rotatable bonds is 14. The third-order valence-corrected chi connectivity index (χ3v) is 6.34. The molecule has 2 heterocycles. The van der Waals surface area contributed by atoms with Crippen molar-refractivity contribution in [2.75, 3.05) is 20.3 Å². The number of primary amides is 1. The number of carbonyl (C=O) groups is 2. The fourth-order valence-corrected chi connectivity index (χ4v) is 4.28. The number of ether oxygens (including phenoxy) is 2. The Labute approximate surface area is 232 Å². The van der Waals surface area contributed by atoms with Gasteiger partial charge >= 0.3 is 0 Å². The molecular weight excluding hydrogens is 510 g/mol. The lowest BCUT2D eigenvalue weighted by molar-refractivity contribution is -0.127. The number of benzene rings is 2. The average Bonchev–Trinajstić information content (AvgIpc) is 3.31. The van der Waals surface area contributed by atoms with Gasteiger partial charge in [0.05, 0.1) is 19.4 Å². The van der Waals surface area contributed by atoms with Gasteiger partial charge in [-0.25, -0.2) is 4.68 Å². The topological polar surface area (TPSA) is 142 Å². The molecule has 0 unspecified atom stereocenters. The van der Waals surface area contributed by atoms with Crippen molar-refractivity contribution in [3.05, 3.63) is 90.3 Å². The molecule has 4 rings (SSSR count). The molecule has 4 aromatic rings. The van der Waals surface area contributed by atoms with Crippen molar-refractivity contribution in [1.82, 2.24) is 20.1 Å². The average molecular weight is 544 g/mol. The van der Waals surface area contributed by atoms with Crippen LogP contribution in [0.3, 0.4) is 0 Å². The first-order valence-corrected chi connectivity index (χ1v) is 13.0. The zero-order valence-corrected chi connectivity index (χ0v) is 22.3. The molecule has 1 atom stereocenters. The van der Waals surface area contributed by atoms with E-state index in [1.54, 1.807) is 25.6 Å². The number of aromatic nitrogens is 3. The number of carbonyl (C=O) groups excluding carboxylic acids is 2. The number of methoxy groups -OCH3 is 1. The summed E-state index contributed by atoms with van der Waals surface area (Å²) < 4.78 is 12.6. The van der Waals surface area contributed by atoms with Crippen LogP contribution in [-0.4, -0.2) is 58.1 Å². The SMILES string of the molecule is COc1cccc(-n2nc(-c3cccnc3)c(CCOCCCC(=O)N[C@@H](Cc3ccccc3)C(N)=O)c2O)c1. The molecule has 208 valence electrons. The van der Waals surface area contributed by atoms with Crippen LogP contribution >= 0.6 is 0 Å². The fraction of sp³-hybridized carbons (Fsp3) is 0.267. The smallest absolute Gasteiger partial charge is 0.240 e. The molecule has 0 aliphatic carbocycles. The van der Waals surface area contributed by atoms with Crippen LogP contribution in [0.15, 0.2) is 79.1 Å². The molecule has 2 amide bonds. The van der Waals surface area contributed by atoms with Crippen molar-refractivity contribution >= 4 is 11.8 Å². The molecule has 2 aromatic carbocycles. The van der Waals surface area contributed by atoms with Crippen molar-refractivity contribution < 1.29 is 24.2 Å². The number of nitrogens with zero attached hydrogens (tertiary/aromatic N) is 3. The molecule has 40 heavy (non-hydrogen) atoms. The van der Waals surface area contributed by atoms with Gasteiger partial charge in [-0.15, -0.1) is 0 Å². The third-order valence-electron chi connectivity index (χ3n) is 6.34. The highest BCUT2D eigenvalue weighted by molar-refractivity contribution is 5.86. The molecule has 0 aliphatic rings. The Morgan fingerprint density at radius 2 is 1.90 bits per heavy atom. The minimum atomic E-state index is -0.772. The van der Waals surface area contributed by atoms with Crippen LogP contribution in [0.4, 0.5) is 0 Å². The molecule has 0 saturated carbocycles. The van der Waals surface area contributed by atoms with E-state index in [2.05, 4.69) is 15.4 Å². The molecule has 0 saturated heterocycles. The van der Waals surface area contributed by atoms with E-state index in [4.69, 9.17) is 15.2 Å². The van der Waals surface area contributed by atoms with E-state index in [1.165, 1.54) is 4.68 Å². The minimum absolute atomic E-state index is 0.00555. The third kappa shape index (κ3) is 7.45. The number of nitrogens with one attached hydrogen (secondary N) is 1. The van der Waals surface area contributed by atoms with Crippen molar-refractivity contribution in [1.29, 1.82) is 0 Å². The second kappa shape index (κ2) is 13.9. The van der Waals surface area contributed by atoms with E-state index >= 15 is 0 Å². The molecule has 0 bridgehead atoms. The summed E-state index contributed by atoms with van der Waals surface area (Å²) in [6.45, 7) is 0.643. The van der Waals surface area contributed by atoms with E-state index in [0.717, 1.165) is 11.1 Å². The van der Waals surface area contributed by atoms with Crippen molar-refractivity contribution in [2.24, 2.45) is 5.73 Å². The summed E-state index contributed by atoms with van der Waals surface area (Å²) >= 11 is 0. The Morgan fingerprint density at radius 3 is 2.62 bits per heavy atom. The van der Waals surface area contributed by atoms with Crippen molar-refractivity contribution in [3.8, 4) is 28.6 Å². The van der Waals surface area contributed by atoms with Crippen LogP contribution in [0, 0.1) is 0 Å². The number of nitrogens with two attached hydrogens (primary N) is 1. The summed E-state index contributed by atoms with van der Waals surface area (Å²) in [6, 6.07) is 19.6. The predicted molar refractivity (Wildman–Crippen MR) is 150 cm³/mol. The molecule has 10 nitrogen and oxygen atoms in total. The van der Waals surface area contributed by atoms with Crippen LogP contribution in [0.5, 0.6) is 11.6 Å². The standard InChI is InChI=1S/C30H33N5O5/c1-39-24-12-5-11-23(19-24)35-30(38)25(28(34-35)22-10-6-15-32-20-22)14-17-40-16-7-13-27(36)33-26(29(31)37)18-21-8-3-2-4-9-21/h2-6,8-12,15,19-20,26,38H,7,13-14,16-18H2,1H3,(H2,31,37)(H,33,36)/t26-/m0/s1. The van der Waals surface area contributed by atoms with Gasteiger partial charge in [0, 0.05) is 55.5 Å². The largest absolute Gasteiger partial charge is 0.497 e. The van der Waals surface area contributed by atoms with Gasteiger partial charge in [-0.1, -0.05) is 36.4 Å². The maximum Gasteiger partial charge on any atom is 0.240 e. The molecule has 0 spiro atoms. The Kier molecular flexibility index (Phi) is 9.84. The summed E-state index contributed by atoms with van der Waals surface area (Å²) in [7, 11) is 1.58. The Morgan fingerprint density at radius 1 is 1.07 bits per heavy atom. The lowest BCUT2D eigenvalue weighted by Gasteiger charge is -2.15. The van der Waals surface area contributed by atoms with Gasteiger partial charge in [-0.2, -0.15) is 5.10 Å². The van der Waals surface area contributed by atoms with Gasteiger partial charge in [0.25, 0.3) is 0 Å². The van der Waals surface area contributed by atoms with Crippen LogP contribution in [0.2, 0.25) is 0 Å². The fourth-order valence-electron chi connectivity index (χ4n) is 4.28. The molecule has 4 N–H and O–H groups in total. The van der Waals surface area contributed by atoms with E-state index < -0.39 is 11.9 Å². The van der Waals surface area contributed by atoms with Crippen LogP contribution < -0.4 is 15.8 Å². The minimum Gasteiger partial charge on any atom is -0.497 e. The maximum absolute atomic E-state index is 12.4.